The van der Waals surface area contributed by atoms with E-state index in [1.807, 2.05) is 12.1 Å². The number of amides is 1. The van der Waals surface area contributed by atoms with Crippen LogP contribution < -0.4 is 20.1 Å². The van der Waals surface area contributed by atoms with Crippen LogP contribution in [0.3, 0.4) is 0 Å². The molecular formula is C22H26Cl2N4O4. The third kappa shape index (κ3) is 5.51. The normalized spacial score (nSPS) is 10.4. The summed E-state index contributed by atoms with van der Waals surface area (Å²) in [4.78, 5) is 20.8. The Bertz CT molecular complexity index is 1100. The maximum atomic E-state index is 12.0. The zero-order valence-corrected chi connectivity index (χ0v) is 19.6. The number of aromatic nitrogens is 2. The number of rotatable bonds is 9. The van der Waals surface area contributed by atoms with E-state index in [1.165, 1.54) is 13.4 Å². The van der Waals surface area contributed by atoms with Gasteiger partial charge in [-0.3, -0.25) is 4.79 Å². The highest BCUT2D eigenvalue weighted by molar-refractivity contribution is 6.32. The molecular weight excluding hydrogens is 455 g/mol. The van der Waals surface area contributed by atoms with Crippen LogP contribution in [0.5, 0.6) is 11.5 Å². The molecule has 32 heavy (non-hydrogen) atoms. The van der Waals surface area contributed by atoms with Gasteiger partial charge in [0.05, 0.1) is 30.4 Å². The first-order valence-electron chi connectivity index (χ1n) is 9.83. The number of nitrogens with zero attached hydrogens (tertiary/aromatic N) is 2. The van der Waals surface area contributed by atoms with Crippen molar-refractivity contribution in [1.82, 2.24) is 9.97 Å². The zero-order chi connectivity index (χ0) is 22.4. The van der Waals surface area contributed by atoms with Crippen molar-refractivity contribution in [1.29, 1.82) is 0 Å². The lowest BCUT2D eigenvalue weighted by Crippen LogP contribution is -2.12. The molecule has 0 atom stereocenters. The number of methoxy groups -OCH3 is 2. The molecule has 0 aliphatic carbocycles. The molecule has 1 aromatic heterocycles. The van der Waals surface area contributed by atoms with Gasteiger partial charge in [0.2, 0.25) is 5.91 Å². The van der Waals surface area contributed by atoms with E-state index in [1.54, 1.807) is 26.2 Å². The molecule has 0 unspecified atom stereocenters. The third-order valence-electron chi connectivity index (χ3n) is 4.81. The van der Waals surface area contributed by atoms with E-state index in [0.717, 1.165) is 5.56 Å². The fourth-order valence-electron chi connectivity index (χ4n) is 3.31. The number of ether oxygens (including phenoxy) is 2. The molecule has 3 aromatic rings. The molecule has 0 aliphatic rings. The minimum Gasteiger partial charge on any atom is -0.495 e. The topological polar surface area (TPSA) is 106 Å². The molecule has 8 nitrogen and oxygen atoms in total. The molecule has 1 heterocycles. The summed E-state index contributed by atoms with van der Waals surface area (Å²) in [5, 5.41) is 17.0. The Balaban J connectivity index is 0.00000363. The Hall–Kier alpha value is -2.81. The number of benzene rings is 2. The Morgan fingerprint density at radius 1 is 1.19 bits per heavy atom. The molecule has 0 spiro atoms. The van der Waals surface area contributed by atoms with Crippen LogP contribution in [0.25, 0.3) is 10.9 Å². The number of aliphatic hydroxyl groups is 1. The van der Waals surface area contributed by atoms with E-state index in [2.05, 4.69) is 20.6 Å². The lowest BCUT2D eigenvalue weighted by Gasteiger charge is -2.18. The smallest absolute Gasteiger partial charge is 0.224 e. The minimum absolute atomic E-state index is 0. The van der Waals surface area contributed by atoms with Crippen molar-refractivity contribution < 1.29 is 19.4 Å². The molecule has 172 valence electrons. The molecule has 0 fully saturated rings. The molecule has 3 rings (SSSR count). The highest BCUT2D eigenvalue weighted by Crippen LogP contribution is 2.37. The van der Waals surface area contributed by atoms with Crippen molar-refractivity contribution >= 4 is 52.3 Å². The van der Waals surface area contributed by atoms with Gasteiger partial charge in [-0.05, 0) is 23.8 Å². The number of carbonyl (C=O) groups is 1. The summed E-state index contributed by atoms with van der Waals surface area (Å²) >= 11 is 6.22. The predicted octanol–water partition coefficient (Wildman–Crippen LogP) is 4.22. The fraction of sp³-hybridized carbons (Fsp3) is 0.318. The standard InChI is InChI=1S/C22H25ClN4O4.ClH/c1-4-19(29)27-17-10-15-20(14(7-8-28)21(17)31-3)25-12-26-22(15)24-11-13-5-6-18(30-2)16(23)9-13;/h5-6,9-10,12,28H,4,7-8,11H2,1-3H3,(H,27,29)(H,24,25,26);1H. The van der Waals surface area contributed by atoms with Gasteiger partial charge in [0.15, 0.2) is 0 Å². The van der Waals surface area contributed by atoms with Crippen molar-refractivity contribution in [2.24, 2.45) is 0 Å². The number of nitrogens with one attached hydrogen (secondary N) is 2. The van der Waals surface area contributed by atoms with Crippen molar-refractivity contribution in [3.8, 4) is 11.5 Å². The lowest BCUT2D eigenvalue weighted by molar-refractivity contribution is -0.115. The summed E-state index contributed by atoms with van der Waals surface area (Å²) in [5.41, 5.74) is 2.80. The minimum atomic E-state index is -0.146. The number of aliphatic hydroxyl groups excluding tert-OH is 1. The molecule has 2 aromatic carbocycles. The Labute approximate surface area is 197 Å². The van der Waals surface area contributed by atoms with Gasteiger partial charge in [0.25, 0.3) is 0 Å². The Kier molecular flexibility index (Phi) is 9.31. The zero-order valence-electron chi connectivity index (χ0n) is 18.1. The van der Waals surface area contributed by atoms with Gasteiger partial charge < -0.3 is 25.2 Å². The van der Waals surface area contributed by atoms with E-state index < -0.39 is 0 Å². The van der Waals surface area contributed by atoms with E-state index in [0.29, 0.717) is 63.9 Å². The van der Waals surface area contributed by atoms with Crippen LogP contribution in [0, 0.1) is 0 Å². The molecule has 0 saturated carbocycles. The van der Waals surface area contributed by atoms with Gasteiger partial charge >= 0.3 is 0 Å². The first-order valence-corrected chi connectivity index (χ1v) is 10.2. The fourth-order valence-corrected chi connectivity index (χ4v) is 3.59. The van der Waals surface area contributed by atoms with Crippen LogP contribution in [-0.4, -0.2) is 41.8 Å². The summed E-state index contributed by atoms with van der Waals surface area (Å²) in [6, 6.07) is 7.32. The second-order valence-corrected chi connectivity index (χ2v) is 7.16. The van der Waals surface area contributed by atoms with E-state index >= 15 is 0 Å². The Morgan fingerprint density at radius 3 is 2.59 bits per heavy atom. The molecule has 3 N–H and O–H groups in total. The summed E-state index contributed by atoms with van der Waals surface area (Å²) in [6.45, 7) is 2.15. The molecule has 1 amide bonds. The number of carbonyl (C=O) groups excluding carboxylic acids is 1. The van der Waals surface area contributed by atoms with Crippen molar-refractivity contribution in [3.05, 3.63) is 46.7 Å². The van der Waals surface area contributed by atoms with Crippen LogP contribution in [0.4, 0.5) is 11.5 Å². The molecule has 0 aliphatic heterocycles. The molecule has 0 bridgehead atoms. The third-order valence-corrected chi connectivity index (χ3v) is 5.11. The SMILES string of the molecule is CCC(=O)Nc1cc2c(NCc3ccc(OC)c(Cl)c3)ncnc2c(CCO)c1OC.Cl. The van der Waals surface area contributed by atoms with Crippen molar-refractivity contribution in [3.63, 3.8) is 0 Å². The van der Waals surface area contributed by atoms with Gasteiger partial charge in [-0.15, -0.1) is 12.4 Å². The van der Waals surface area contributed by atoms with E-state index in [9.17, 15) is 9.90 Å². The number of anilines is 2. The van der Waals surface area contributed by atoms with Gasteiger partial charge in [-0.1, -0.05) is 24.6 Å². The molecule has 0 saturated heterocycles. The van der Waals surface area contributed by atoms with Crippen molar-refractivity contribution in [2.75, 3.05) is 31.5 Å². The van der Waals surface area contributed by atoms with Crippen LogP contribution >= 0.6 is 24.0 Å². The molecule has 10 heteroatoms. The largest absolute Gasteiger partial charge is 0.495 e. The summed E-state index contributed by atoms with van der Waals surface area (Å²) in [6.07, 6.45) is 2.10. The highest BCUT2D eigenvalue weighted by atomic mass is 35.5. The maximum absolute atomic E-state index is 12.0. The van der Waals surface area contributed by atoms with E-state index in [-0.39, 0.29) is 24.9 Å². The van der Waals surface area contributed by atoms with E-state index in [4.69, 9.17) is 21.1 Å². The summed E-state index contributed by atoms with van der Waals surface area (Å²) < 4.78 is 10.7. The second-order valence-electron chi connectivity index (χ2n) is 6.75. The maximum Gasteiger partial charge on any atom is 0.224 e. The quantitative estimate of drug-likeness (QED) is 0.420. The summed E-state index contributed by atoms with van der Waals surface area (Å²) in [7, 11) is 3.09. The van der Waals surface area contributed by atoms with Gasteiger partial charge in [0, 0.05) is 36.9 Å². The van der Waals surface area contributed by atoms with Crippen LogP contribution in [-0.2, 0) is 17.8 Å². The lowest BCUT2D eigenvalue weighted by atomic mass is 10.0. The van der Waals surface area contributed by atoms with Crippen molar-refractivity contribution in [2.45, 2.75) is 26.3 Å². The van der Waals surface area contributed by atoms with Crippen LogP contribution in [0.2, 0.25) is 5.02 Å². The van der Waals surface area contributed by atoms with Crippen LogP contribution in [0.15, 0.2) is 30.6 Å². The van der Waals surface area contributed by atoms with Crippen LogP contribution in [0.1, 0.15) is 24.5 Å². The predicted molar refractivity (Wildman–Crippen MR) is 128 cm³/mol. The monoisotopic (exact) mass is 480 g/mol. The Morgan fingerprint density at radius 2 is 1.97 bits per heavy atom. The summed E-state index contributed by atoms with van der Waals surface area (Å²) in [5.74, 6) is 1.53. The average Bonchev–Trinajstić information content (AvgIpc) is 2.78. The number of fused-ring (bicyclic) bond motifs is 1. The number of hydrogen-bond acceptors (Lipinski definition) is 7. The van der Waals surface area contributed by atoms with Gasteiger partial charge in [-0.25, -0.2) is 9.97 Å². The number of halogens is 2. The first-order chi connectivity index (χ1) is 15.0. The van der Waals surface area contributed by atoms with Gasteiger partial charge in [0.1, 0.15) is 23.6 Å². The highest BCUT2D eigenvalue weighted by Gasteiger charge is 2.19. The molecule has 0 radical (unpaired) electrons. The second kappa shape index (κ2) is 11.7. The van der Waals surface area contributed by atoms with Gasteiger partial charge in [-0.2, -0.15) is 0 Å². The number of hydrogen-bond donors (Lipinski definition) is 3. The first kappa shape index (κ1) is 25.5. The average molecular weight is 481 g/mol.